The Labute approximate surface area is 419 Å². The number of carboxylic acids is 4. The topological polar surface area (TPSA) is 399 Å². The highest BCUT2D eigenvalue weighted by Crippen LogP contribution is 2.20. The van der Waals surface area contributed by atoms with Crippen LogP contribution in [0.15, 0.2) is 65.6 Å². The van der Waals surface area contributed by atoms with E-state index < -0.39 is 151 Å². The summed E-state index contributed by atoms with van der Waals surface area (Å²) >= 11 is 1.10. The molecule has 0 saturated carbocycles. The van der Waals surface area contributed by atoms with Crippen molar-refractivity contribution in [3.05, 3.63) is 66.2 Å². The maximum atomic E-state index is 14.0. The van der Waals surface area contributed by atoms with E-state index in [4.69, 9.17) is 10.8 Å². The van der Waals surface area contributed by atoms with Crippen molar-refractivity contribution < 1.29 is 78.3 Å². The van der Waals surface area contributed by atoms with Gasteiger partial charge in [0.2, 0.25) is 35.4 Å². The fraction of sp³-hybridized carbons (Fsp3) is 0.511. The Morgan fingerprint density at radius 2 is 1.06 bits per heavy atom. The molecule has 0 aliphatic carbocycles. The van der Waals surface area contributed by atoms with Crippen LogP contribution < -0.4 is 43.0 Å². The van der Waals surface area contributed by atoms with Gasteiger partial charge >= 0.3 is 23.9 Å². The van der Waals surface area contributed by atoms with Gasteiger partial charge in [-0.25, -0.2) is 4.79 Å². The molecule has 9 atom stereocenters. The van der Waals surface area contributed by atoms with E-state index in [9.17, 15) is 73.2 Å². The third kappa shape index (κ3) is 22.3. The Bertz CT molecular complexity index is 2200. The van der Waals surface area contributed by atoms with E-state index in [2.05, 4.69) is 37.2 Å². The summed E-state index contributed by atoms with van der Waals surface area (Å²) in [6.45, 7) is 7.84. The van der Waals surface area contributed by atoms with Crippen molar-refractivity contribution in [1.29, 1.82) is 0 Å². The molecule has 396 valence electrons. The lowest BCUT2D eigenvalue weighted by Gasteiger charge is -2.30. The predicted molar refractivity (Wildman–Crippen MR) is 258 cm³/mol. The number of benzene rings is 2. The Kier molecular flexibility index (Phi) is 25.9. The molecule has 0 bridgehead atoms. The van der Waals surface area contributed by atoms with Crippen LogP contribution in [0.25, 0.3) is 0 Å². The number of aliphatic hydroxyl groups is 1. The van der Waals surface area contributed by atoms with Crippen LogP contribution in [0.5, 0.6) is 0 Å². The molecule has 0 aliphatic heterocycles. The average molecular weight is 1030 g/mol. The summed E-state index contributed by atoms with van der Waals surface area (Å²) in [5.41, 5.74) is 6.40. The van der Waals surface area contributed by atoms with Crippen molar-refractivity contribution >= 4 is 77.0 Å². The Morgan fingerprint density at radius 1 is 0.542 bits per heavy atom. The zero-order valence-electron chi connectivity index (χ0n) is 40.5. The van der Waals surface area contributed by atoms with Gasteiger partial charge in [0.05, 0.1) is 18.5 Å². The highest BCUT2D eigenvalue weighted by molar-refractivity contribution is 7.99. The first-order chi connectivity index (χ1) is 33.8. The number of amides is 7. The van der Waals surface area contributed by atoms with Crippen molar-refractivity contribution in [2.75, 3.05) is 5.75 Å². The van der Waals surface area contributed by atoms with Gasteiger partial charge in [-0.05, 0) is 55.7 Å². The molecule has 24 nitrogen and oxygen atoms in total. The zero-order chi connectivity index (χ0) is 54.2. The molecule has 14 N–H and O–H groups in total. The molecule has 2 aromatic rings. The van der Waals surface area contributed by atoms with Crippen LogP contribution in [-0.4, -0.2) is 151 Å². The molecule has 0 heterocycles. The van der Waals surface area contributed by atoms with E-state index in [0.717, 1.165) is 18.7 Å². The summed E-state index contributed by atoms with van der Waals surface area (Å²) in [5.74, 6) is -13.7. The SMILES string of the molecule is CC(C)C[C@H](NC(=O)[C@@H](NC(=O)[C@@H](N)CCC(=O)O)C(C)C)C(=O)N[C@H](CSc1ccccc1)[C@@H](O)C(=O)N[C@@H](CC(=O)O)C(=O)N[C@@H](C)C(=O)N[C@@H](CCC(=O)O)C(=O)N[C@@H](Cc1ccccc1)C(=O)O. The fourth-order valence-corrected chi connectivity index (χ4v) is 7.71. The number of carbonyl (C=O) groups is 11. The number of hydrogen-bond donors (Lipinski definition) is 13. The predicted octanol–water partition coefficient (Wildman–Crippen LogP) is -0.886. The number of carbonyl (C=O) groups excluding carboxylic acids is 7. The quantitative estimate of drug-likeness (QED) is 0.0396. The molecule has 2 aromatic carbocycles. The van der Waals surface area contributed by atoms with E-state index in [0.29, 0.717) is 10.5 Å². The summed E-state index contributed by atoms with van der Waals surface area (Å²) in [7, 11) is 0. The number of aliphatic hydroxyl groups excluding tert-OH is 1. The van der Waals surface area contributed by atoms with Crippen LogP contribution in [0.1, 0.15) is 78.7 Å². The van der Waals surface area contributed by atoms with E-state index in [1.807, 2.05) is 0 Å². The van der Waals surface area contributed by atoms with Crippen LogP contribution in [0.4, 0.5) is 0 Å². The van der Waals surface area contributed by atoms with Crippen molar-refractivity contribution in [3.8, 4) is 0 Å². The lowest BCUT2D eigenvalue weighted by Crippen LogP contribution is -2.61. The number of nitrogens with two attached hydrogens (primary N) is 1. The minimum Gasteiger partial charge on any atom is -0.481 e. The minimum absolute atomic E-state index is 0.0179. The first-order valence-electron chi connectivity index (χ1n) is 23.0. The Hall–Kier alpha value is -7.12. The second-order valence-electron chi connectivity index (χ2n) is 17.6. The third-order valence-electron chi connectivity index (χ3n) is 10.7. The first-order valence-corrected chi connectivity index (χ1v) is 23.9. The second kappa shape index (κ2) is 30.6. The molecule has 7 amide bonds. The normalized spacial score (nSPS) is 14.8. The largest absolute Gasteiger partial charge is 0.481 e. The number of hydrogen-bond acceptors (Lipinski definition) is 14. The van der Waals surface area contributed by atoms with Crippen LogP contribution in [0.2, 0.25) is 0 Å². The standard InChI is InChI=1S/C47H66N8O16S/c1-24(2)20-31(51-45(68)38(25(3)4)55-41(64)29(48)16-18-35(56)57)44(67)54-34(23-72-28-14-10-7-11-15-28)39(62)46(69)52-32(22-37(60)61)43(66)49-26(5)40(63)50-30(17-19-36(58)59)42(65)53-33(47(70)71)21-27-12-8-6-9-13-27/h6-15,24-26,29-34,38-39,62H,16-23,48H2,1-5H3,(H,49,66)(H,50,63)(H,51,68)(H,52,69)(H,53,65)(H,54,67)(H,55,64)(H,56,57)(H,58,59)(H,60,61)(H,70,71)/t26-,29-,30-,31-,32-,33-,34+,38-,39+/m0/s1. The van der Waals surface area contributed by atoms with Crippen LogP contribution in [0.3, 0.4) is 0 Å². The molecule has 0 saturated heterocycles. The molecule has 0 unspecified atom stereocenters. The van der Waals surface area contributed by atoms with E-state index in [-0.39, 0.29) is 30.9 Å². The summed E-state index contributed by atoms with van der Waals surface area (Å²) in [6.07, 6.45) is -5.18. The molecule has 2 rings (SSSR count). The number of nitrogens with one attached hydrogen (secondary N) is 7. The molecule has 0 spiro atoms. The lowest BCUT2D eigenvalue weighted by atomic mass is 9.99. The molecule has 25 heteroatoms. The Morgan fingerprint density at radius 3 is 1.60 bits per heavy atom. The molecule has 0 radical (unpaired) electrons. The summed E-state index contributed by atoms with van der Waals surface area (Å²) in [4.78, 5) is 142. The minimum atomic E-state index is -2.19. The van der Waals surface area contributed by atoms with Gasteiger partial charge in [-0.2, -0.15) is 0 Å². The maximum Gasteiger partial charge on any atom is 0.326 e. The number of rotatable bonds is 32. The van der Waals surface area contributed by atoms with Crippen molar-refractivity contribution in [2.45, 2.75) is 139 Å². The highest BCUT2D eigenvalue weighted by Gasteiger charge is 2.37. The second-order valence-corrected chi connectivity index (χ2v) is 18.7. The smallest absolute Gasteiger partial charge is 0.326 e. The van der Waals surface area contributed by atoms with Gasteiger partial charge < -0.3 is 68.5 Å². The van der Waals surface area contributed by atoms with Gasteiger partial charge in [-0.3, -0.25) is 47.9 Å². The summed E-state index contributed by atoms with van der Waals surface area (Å²) < 4.78 is 0. The molecular weight excluding hydrogens is 965 g/mol. The third-order valence-corrected chi connectivity index (χ3v) is 11.8. The Balaban J connectivity index is 2.33. The summed E-state index contributed by atoms with van der Waals surface area (Å²) in [5, 5.41) is 65.9. The van der Waals surface area contributed by atoms with Gasteiger partial charge in [-0.1, -0.05) is 76.2 Å². The molecular formula is C47H66N8O16S. The van der Waals surface area contributed by atoms with Gasteiger partial charge in [0, 0.05) is 29.9 Å². The monoisotopic (exact) mass is 1030 g/mol. The highest BCUT2D eigenvalue weighted by atomic mass is 32.2. The van der Waals surface area contributed by atoms with Gasteiger partial charge in [0.25, 0.3) is 5.91 Å². The van der Waals surface area contributed by atoms with E-state index in [1.54, 1.807) is 88.4 Å². The molecule has 0 aliphatic rings. The number of carboxylic acid groups (broad SMARTS) is 4. The molecule has 72 heavy (non-hydrogen) atoms. The average Bonchev–Trinajstić information content (AvgIpc) is 3.31. The van der Waals surface area contributed by atoms with Gasteiger partial charge in [-0.15, -0.1) is 11.8 Å². The zero-order valence-corrected chi connectivity index (χ0v) is 41.3. The van der Waals surface area contributed by atoms with Gasteiger partial charge in [0.1, 0.15) is 36.3 Å². The number of aliphatic carboxylic acids is 4. The fourth-order valence-electron chi connectivity index (χ4n) is 6.73. The first kappa shape index (κ1) is 61.0. The number of thioether (sulfide) groups is 1. The summed E-state index contributed by atoms with van der Waals surface area (Å²) in [6, 6.07) is 4.84. The molecule has 0 fully saturated rings. The molecule has 0 aromatic heterocycles. The van der Waals surface area contributed by atoms with E-state index >= 15 is 0 Å². The van der Waals surface area contributed by atoms with Crippen molar-refractivity contribution in [1.82, 2.24) is 37.2 Å². The van der Waals surface area contributed by atoms with Crippen molar-refractivity contribution in [3.63, 3.8) is 0 Å². The van der Waals surface area contributed by atoms with Crippen LogP contribution in [-0.2, 0) is 59.2 Å². The van der Waals surface area contributed by atoms with Crippen molar-refractivity contribution in [2.24, 2.45) is 17.6 Å². The van der Waals surface area contributed by atoms with Crippen LogP contribution >= 0.6 is 11.8 Å². The lowest BCUT2D eigenvalue weighted by molar-refractivity contribution is -0.143. The van der Waals surface area contributed by atoms with Gasteiger partial charge in [0.15, 0.2) is 6.10 Å². The maximum absolute atomic E-state index is 14.0. The van der Waals surface area contributed by atoms with E-state index in [1.165, 1.54) is 0 Å². The van der Waals surface area contributed by atoms with Crippen LogP contribution in [0, 0.1) is 11.8 Å².